The normalized spacial score (nSPS) is 11.7. The van der Waals surface area contributed by atoms with Crippen LogP contribution in [0.15, 0.2) is 22.7 Å². The van der Waals surface area contributed by atoms with Crippen LogP contribution in [0.4, 0.5) is 5.69 Å². The molecule has 0 aliphatic heterocycles. The predicted octanol–water partition coefficient (Wildman–Crippen LogP) is 1.71. The van der Waals surface area contributed by atoms with E-state index in [4.69, 9.17) is 10.5 Å². The van der Waals surface area contributed by atoms with E-state index in [9.17, 15) is 9.59 Å². The van der Waals surface area contributed by atoms with Gasteiger partial charge in [0.15, 0.2) is 0 Å². The second kappa shape index (κ2) is 6.39. The van der Waals surface area contributed by atoms with Gasteiger partial charge < -0.3 is 15.8 Å². The molecule has 1 unspecified atom stereocenters. The summed E-state index contributed by atoms with van der Waals surface area (Å²) in [5.41, 5.74) is 6.47. The topological polar surface area (TPSA) is 81.4 Å². The predicted molar refractivity (Wildman–Crippen MR) is 72.1 cm³/mol. The fourth-order valence-electron chi connectivity index (χ4n) is 1.32. The molecule has 0 aromatic heterocycles. The summed E-state index contributed by atoms with van der Waals surface area (Å²) in [5, 5.41) is 2.55. The van der Waals surface area contributed by atoms with E-state index in [0.717, 1.165) is 0 Å². The lowest BCUT2D eigenvalue weighted by Crippen LogP contribution is -2.39. The lowest BCUT2D eigenvalue weighted by atomic mass is 10.2. The zero-order valence-corrected chi connectivity index (χ0v) is 11.8. The number of amides is 1. The standard InChI is InChI=1S/C12H15BrN2O3/c1-3-18-12(17)7(2)15-11(16)9-6-8(14)4-5-10(9)13/h4-7H,3,14H2,1-2H3,(H,15,16). The summed E-state index contributed by atoms with van der Waals surface area (Å²) in [7, 11) is 0. The van der Waals surface area contributed by atoms with Gasteiger partial charge in [-0.1, -0.05) is 0 Å². The number of hydrogen-bond acceptors (Lipinski definition) is 4. The number of hydrogen-bond donors (Lipinski definition) is 2. The van der Waals surface area contributed by atoms with Gasteiger partial charge in [0.2, 0.25) is 0 Å². The lowest BCUT2D eigenvalue weighted by molar-refractivity contribution is -0.144. The van der Waals surface area contributed by atoms with Crippen molar-refractivity contribution >= 4 is 33.5 Å². The van der Waals surface area contributed by atoms with Crippen molar-refractivity contribution in [1.29, 1.82) is 0 Å². The number of carbonyl (C=O) groups is 2. The van der Waals surface area contributed by atoms with Gasteiger partial charge in [-0.15, -0.1) is 0 Å². The Morgan fingerprint density at radius 3 is 2.78 bits per heavy atom. The van der Waals surface area contributed by atoms with Crippen molar-refractivity contribution in [2.75, 3.05) is 12.3 Å². The fourth-order valence-corrected chi connectivity index (χ4v) is 1.74. The first-order chi connectivity index (χ1) is 8.45. The van der Waals surface area contributed by atoms with Crippen LogP contribution >= 0.6 is 15.9 Å². The van der Waals surface area contributed by atoms with Gasteiger partial charge in [-0.3, -0.25) is 4.79 Å². The van der Waals surface area contributed by atoms with Gasteiger partial charge in [-0.25, -0.2) is 4.79 Å². The van der Waals surface area contributed by atoms with Gasteiger partial charge in [0.1, 0.15) is 6.04 Å². The van der Waals surface area contributed by atoms with E-state index < -0.39 is 12.0 Å². The van der Waals surface area contributed by atoms with Crippen LogP contribution in [0.1, 0.15) is 24.2 Å². The number of halogens is 1. The highest BCUT2D eigenvalue weighted by Crippen LogP contribution is 2.19. The molecule has 0 aliphatic rings. The second-order valence-electron chi connectivity index (χ2n) is 3.69. The van der Waals surface area contributed by atoms with Crippen LogP contribution in [0.3, 0.4) is 0 Å². The molecule has 1 atom stereocenters. The van der Waals surface area contributed by atoms with Crippen LogP contribution in [0.5, 0.6) is 0 Å². The number of carbonyl (C=O) groups excluding carboxylic acids is 2. The van der Waals surface area contributed by atoms with Crippen molar-refractivity contribution < 1.29 is 14.3 Å². The Morgan fingerprint density at radius 1 is 1.50 bits per heavy atom. The minimum atomic E-state index is -0.703. The van der Waals surface area contributed by atoms with Crippen molar-refractivity contribution in [3.63, 3.8) is 0 Å². The zero-order chi connectivity index (χ0) is 13.7. The van der Waals surface area contributed by atoms with Gasteiger partial charge in [0.05, 0.1) is 12.2 Å². The molecule has 3 N–H and O–H groups in total. The molecule has 0 saturated carbocycles. The molecule has 1 aromatic carbocycles. The van der Waals surface area contributed by atoms with Crippen LogP contribution in [0.25, 0.3) is 0 Å². The third-order valence-electron chi connectivity index (χ3n) is 2.22. The summed E-state index contributed by atoms with van der Waals surface area (Å²) in [6, 6.07) is 4.19. The van der Waals surface area contributed by atoms with Gasteiger partial charge in [0, 0.05) is 10.2 Å². The van der Waals surface area contributed by atoms with Crippen molar-refractivity contribution in [2.45, 2.75) is 19.9 Å². The summed E-state index contributed by atoms with van der Waals surface area (Å²) < 4.78 is 5.42. The molecule has 18 heavy (non-hydrogen) atoms. The van der Waals surface area contributed by atoms with Crippen LogP contribution in [-0.4, -0.2) is 24.5 Å². The molecule has 0 aliphatic carbocycles. The van der Waals surface area contributed by atoms with Gasteiger partial charge in [0.25, 0.3) is 5.91 Å². The van der Waals surface area contributed by atoms with E-state index in [0.29, 0.717) is 15.7 Å². The fraction of sp³-hybridized carbons (Fsp3) is 0.333. The quantitative estimate of drug-likeness (QED) is 0.655. The number of benzene rings is 1. The maximum absolute atomic E-state index is 11.9. The third-order valence-corrected chi connectivity index (χ3v) is 2.91. The number of nitrogens with two attached hydrogens (primary N) is 1. The average molecular weight is 315 g/mol. The first-order valence-electron chi connectivity index (χ1n) is 5.48. The first-order valence-corrected chi connectivity index (χ1v) is 6.27. The molecule has 0 saturated heterocycles. The van der Waals surface area contributed by atoms with Crippen molar-refractivity contribution in [2.24, 2.45) is 0 Å². The SMILES string of the molecule is CCOC(=O)C(C)NC(=O)c1cc(N)ccc1Br. The lowest BCUT2D eigenvalue weighted by Gasteiger charge is -2.13. The highest BCUT2D eigenvalue weighted by molar-refractivity contribution is 9.10. The summed E-state index contributed by atoms with van der Waals surface area (Å²) in [5.74, 6) is -0.847. The Hall–Kier alpha value is -1.56. The molecular weight excluding hydrogens is 300 g/mol. The molecule has 0 spiro atoms. The van der Waals surface area contributed by atoms with E-state index in [1.165, 1.54) is 6.07 Å². The van der Waals surface area contributed by atoms with E-state index in [-0.39, 0.29) is 12.5 Å². The summed E-state index contributed by atoms with van der Waals surface area (Å²) >= 11 is 3.26. The average Bonchev–Trinajstić information content (AvgIpc) is 2.32. The van der Waals surface area contributed by atoms with E-state index in [1.54, 1.807) is 26.0 Å². The minimum absolute atomic E-state index is 0.279. The Balaban J connectivity index is 2.76. The molecule has 0 bridgehead atoms. The maximum atomic E-state index is 11.9. The number of nitrogen functional groups attached to an aromatic ring is 1. The van der Waals surface area contributed by atoms with E-state index >= 15 is 0 Å². The summed E-state index contributed by atoms with van der Waals surface area (Å²) in [6.45, 7) is 3.55. The molecular formula is C12H15BrN2O3. The van der Waals surface area contributed by atoms with Crippen LogP contribution in [0.2, 0.25) is 0 Å². The molecule has 1 aromatic rings. The van der Waals surface area contributed by atoms with Crippen LogP contribution < -0.4 is 11.1 Å². The molecule has 5 nitrogen and oxygen atoms in total. The number of anilines is 1. The summed E-state index contributed by atoms with van der Waals surface area (Å²) in [6.07, 6.45) is 0. The molecule has 0 heterocycles. The number of nitrogens with one attached hydrogen (secondary N) is 1. The van der Waals surface area contributed by atoms with Crippen molar-refractivity contribution in [1.82, 2.24) is 5.32 Å². The van der Waals surface area contributed by atoms with E-state index in [1.807, 2.05) is 0 Å². The zero-order valence-electron chi connectivity index (χ0n) is 10.2. The highest BCUT2D eigenvalue weighted by Gasteiger charge is 2.18. The Bertz CT molecular complexity index is 463. The Morgan fingerprint density at radius 2 is 2.17 bits per heavy atom. The number of ether oxygens (including phenoxy) is 1. The van der Waals surface area contributed by atoms with Crippen LogP contribution in [-0.2, 0) is 9.53 Å². The second-order valence-corrected chi connectivity index (χ2v) is 4.54. The van der Waals surface area contributed by atoms with Crippen molar-refractivity contribution in [3.05, 3.63) is 28.2 Å². The molecule has 0 radical (unpaired) electrons. The number of esters is 1. The monoisotopic (exact) mass is 314 g/mol. The third kappa shape index (κ3) is 3.73. The van der Waals surface area contributed by atoms with Crippen molar-refractivity contribution in [3.8, 4) is 0 Å². The molecule has 1 rings (SSSR count). The van der Waals surface area contributed by atoms with Crippen LogP contribution in [0, 0.1) is 0 Å². The van der Waals surface area contributed by atoms with Gasteiger partial charge >= 0.3 is 5.97 Å². The maximum Gasteiger partial charge on any atom is 0.328 e. The largest absolute Gasteiger partial charge is 0.464 e. The first kappa shape index (κ1) is 14.5. The minimum Gasteiger partial charge on any atom is -0.464 e. The van der Waals surface area contributed by atoms with Gasteiger partial charge in [-0.05, 0) is 48.0 Å². The highest BCUT2D eigenvalue weighted by atomic mass is 79.9. The molecule has 98 valence electrons. The number of rotatable bonds is 4. The molecule has 6 heteroatoms. The molecule has 0 fully saturated rings. The summed E-state index contributed by atoms with van der Waals surface area (Å²) in [4.78, 5) is 23.3. The van der Waals surface area contributed by atoms with Gasteiger partial charge in [-0.2, -0.15) is 0 Å². The molecule has 1 amide bonds. The Labute approximate surface area is 114 Å². The smallest absolute Gasteiger partial charge is 0.328 e. The Kier molecular flexibility index (Phi) is 5.15. The van der Waals surface area contributed by atoms with E-state index in [2.05, 4.69) is 21.2 Å².